The summed E-state index contributed by atoms with van der Waals surface area (Å²) < 4.78 is 17.0. The van der Waals surface area contributed by atoms with Crippen molar-refractivity contribution in [2.24, 2.45) is 0 Å². The predicted molar refractivity (Wildman–Crippen MR) is 133 cm³/mol. The molecule has 1 heterocycles. The molecule has 174 valence electrons. The van der Waals surface area contributed by atoms with Crippen molar-refractivity contribution in [3.05, 3.63) is 94.9 Å². The van der Waals surface area contributed by atoms with Crippen LogP contribution in [0.15, 0.2) is 83.8 Å². The maximum Gasteiger partial charge on any atom is 0.293 e. The molecule has 0 atom stereocenters. The zero-order valence-electron chi connectivity index (χ0n) is 18.8. The van der Waals surface area contributed by atoms with Gasteiger partial charge in [0.15, 0.2) is 0 Å². The van der Waals surface area contributed by atoms with Gasteiger partial charge >= 0.3 is 0 Å². The monoisotopic (exact) mass is 475 g/mol. The lowest BCUT2D eigenvalue weighted by molar-refractivity contribution is -0.123. The number of carbonyl (C=O) groups is 2. The molecule has 6 nitrogen and oxygen atoms in total. The van der Waals surface area contributed by atoms with E-state index in [-0.39, 0.29) is 24.3 Å². The van der Waals surface area contributed by atoms with Gasteiger partial charge in [0.05, 0.1) is 11.4 Å². The highest BCUT2D eigenvalue weighted by Crippen LogP contribution is 2.32. The largest absolute Gasteiger partial charge is 0.492 e. The van der Waals surface area contributed by atoms with Crippen molar-refractivity contribution in [1.29, 1.82) is 0 Å². The van der Waals surface area contributed by atoms with Gasteiger partial charge in [-0.05, 0) is 66.7 Å². The van der Waals surface area contributed by atoms with Crippen molar-refractivity contribution >= 4 is 29.0 Å². The van der Waals surface area contributed by atoms with Crippen LogP contribution in [0.4, 0.5) is 4.79 Å². The summed E-state index contributed by atoms with van der Waals surface area (Å²) in [5, 5.41) is -0.290. The minimum Gasteiger partial charge on any atom is -0.492 e. The van der Waals surface area contributed by atoms with Crippen LogP contribution in [0.2, 0.25) is 0 Å². The molecular formula is C27H25NO5S. The Kier molecular flexibility index (Phi) is 7.88. The van der Waals surface area contributed by atoms with Crippen LogP contribution in [0, 0.1) is 6.92 Å². The summed E-state index contributed by atoms with van der Waals surface area (Å²) in [6.45, 7) is 3.30. The minimum atomic E-state index is -0.305. The number of para-hydroxylation sites is 1. The molecule has 3 aromatic rings. The summed E-state index contributed by atoms with van der Waals surface area (Å²) in [6.07, 6.45) is 1.72. The normalized spacial score (nSPS) is 14.5. The molecule has 1 fully saturated rings. The summed E-state index contributed by atoms with van der Waals surface area (Å²) in [5.41, 5.74) is 1.95. The molecule has 0 spiro atoms. The van der Waals surface area contributed by atoms with Gasteiger partial charge in [0.2, 0.25) is 0 Å². The highest BCUT2D eigenvalue weighted by Gasteiger charge is 2.34. The number of aryl methyl sites for hydroxylation is 1. The fourth-order valence-corrected chi connectivity index (χ4v) is 4.09. The molecule has 1 aliphatic heterocycles. The van der Waals surface area contributed by atoms with Crippen LogP contribution in [-0.2, 0) is 4.79 Å². The maximum absolute atomic E-state index is 12.7. The average Bonchev–Trinajstić information content (AvgIpc) is 3.12. The van der Waals surface area contributed by atoms with Crippen molar-refractivity contribution in [2.75, 3.05) is 26.4 Å². The van der Waals surface area contributed by atoms with E-state index in [0.29, 0.717) is 29.6 Å². The Labute approximate surface area is 203 Å². The van der Waals surface area contributed by atoms with Crippen LogP contribution in [-0.4, -0.2) is 42.4 Å². The van der Waals surface area contributed by atoms with Gasteiger partial charge < -0.3 is 14.2 Å². The quantitative estimate of drug-likeness (QED) is 0.282. The Hall–Kier alpha value is -3.71. The topological polar surface area (TPSA) is 65.1 Å². The number of ether oxygens (including phenoxy) is 3. The molecule has 34 heavy (non-hydrogen) atoms. The van der Waals surface area contributed by atoms with E-state index in [1.807, 2.05) is 85.8 Å². The lowest BCUT2D eigenvalue weighted by Gasteiger charge is -2.13. The van der Waals surface area contributed by atoms with Crippen LogP contribution in [0.25, 0.3) is 6.08 Å². The fourth-order valence-electron chi connectivity index (χ4n) is 3.23. The number of hydrogen-bond donors (Lipinski definition) is 0. The van der Waals surface area contributed by atoms with Gasteiger partial charge in [0.1, 0.15) is 37.1 Å². The highest BCUT2D eigenvalue weighted by molar-refractivity contribution is 8.18. The molecular weight excluding hydrogens is 450 g/mol. The second kappa shape index (κ2) is 11.4. The molecule has 2 amide bonds. The molecule has 1 aliphatic rings. The van der Waals surface area contributed by atoms with Crippen molar-refractivity contribution < 1.29 is 23.8 Å². The van der Waals surface area contributed by atoms with E-state index in [4.69, 9.17) is 14.2 Å². The zero-order chi connectivity index (χ0) is 23.8. The number of nitrogens with zero attached hydrogens (tertiary/aromatic N) is 1. The Morgan fingerprint density at radius 1 is 0.735 bits per heavy atom. The molecule has 0 aromatic heterocycles. The zero-order valence-corrected chi connectivity index (χ0v) is 19.6. The van der Waals surface area contributed by atoms with Crippen LogP contribution in [0.5, 0.6) is 17.2 Å². The first-order chi connectivity index (χ1) is 16.6. The SMILES string of the molecule is Cc1ccc(OCCN2C(=O)S/C(=C\c3ccc(OCCOc4ccccc4)cc3)C2=O)cc1. The number of hydrogen-bond acceptors (Lipinski definition) is 6. The highest BCUT2D eigenvalue weighted by atomic mass is 32.2. The minimum absolute atomic E-state index is 0.202. The van der Waals surface area contributed by atoms with Crippen LogP contribution < -0.4 is 14.2 Å². The van der Waals surface area contributed by atoms with Crippen molar-refractivity contribution in [3.63, 3.8) is 0 Å². The number of carbonyl (C=O) groups excluding carboxylic acids is 2. The third-order valence-electron chi connectivity index (χ3n) is 5.02. The molecule has 0 bridgehead atoms. The van der Waals surface area contributed by atoms with Gasteiger partial charge in [0, 0.05) is 0 Å². The molecule has 4 rings (SSSR count). The maximum atomic E-state index is 12.7. The van der Waals surface area contributed by atoms with Gasteiger partial charge in [-0.25, -0.2) is 0 Å². The van der Waals surface area contributed by atoms with E-state index in [1.54, 1.807) is 6.08 Å². The van der Waals surface area contributed by atoms with Crippen LogP contribution in [0.3, 0.4) is 0 Å². The molecule has 1 saturated heterocycles. The number of rotatable bonds is 10. The van der Waals surface area contributed by atoms with E-state index in [0.717, 1.165) is 28.6 Å². The summed E-state index contributed by atoms with van der Waals surface area (Å²) in [5.74, 6) is 1.91. The van der Waals surface area contributed by atoms with Gasteiger partial charge in [0.25, 0.3) is 11.1 Å². The Morgan fingerprint density at radius 3 is 1.94 bits per heavy atom. The van der Waals surface area contributed by atoms with Crippen molar-refractivity contribution in [1.82, 2.24) is 4.90 Å². The molecule has 7 heteroatoms. The predicted octanol–water partition coefficient (Wildman–Crippen LogP) is 5.57. The Morgan fingerprint density at radius 2 is 1.29 bits per heavy atom. The van der Waals surface area contributed by atoms with E-state index >= 15 is 0 Å². The lowest BCUT2D eigenvalue weighted by atomic mass is 10.2. The van der Waals surface area contributed by atoms with Gasteiger partial charge in [-0.2, -0.15) is 0 Å². The Balaban J connectivity index is 1.25. The fraction of sp³-hybridized carbons (Fsp3) is 0.185. The van der Waals surface area contributed by atoms with Gasteiger partial charge in [-0.3, -0.25) is 14.5 Å². The summed E-state index contributed by atoms with van der Waals surface area (Å²) >= 11 is 0.939. The second-order valence-corrected chi connectivity index (χ2v) is 8.57. The molecule has 3 aromatic carbocycles. The summed E-state index contributed by atoms with van der Waals surface area (Å²) in [7, 11) is 0. The van der Waals surface area contributed by atoms with Gasteiger partial charge in [-0.1, -0.05) is 48.0 Å². The number of benzene rings is 3. The molecule has 0 saturated carbocycles. The third-order valence-corrected chi connectivity index (χ3v) is 5.93. The summed E-state index contributed by atoms with van der Waals surface area (Å²) in [6, 6.07) is 24.6. The molecule has 0 unspecified atom stereocenters. The average molecular weight is 476 g/mol. The number of thioether (sulfide) groups is 1. The van der Waals surface area contributed by atoms with Crippen LogP contribution >= 0.6 is 11.8 Å². The molecule has 0 N–H and O–H groups in total. The summed E-state index contributed by atoms with van der Waals surface area (Å²) in [4.78, 5) is 26.6. The van der Waals surface area contributed by atoms with Crippen molar-refractivity contribution in [2.45, 2.75) is 6.92 Å². The molecule has 0 aliphatic carbocycles. The third kappa shape index (κ3) is 6.42. The lowest BCUT2D eigenvalue weighted by Crippen LogP contribution is -2.32. The Bertz CT molecular complexity index is 1140. The second-order valence-electron chi connectivity index (χ2n) is 7.57. The van der Waals surface area contributed by atoms with E-state index in [1.165, 1.54) is 4.90 Å². The molecule has 0 radical (unpaired) electrons. The first-order valence-corrected chi connectivity index (χ1v) is 11.8. The number of imide groups is 1. The first kappa shape index (κ1) is 23.4. The first-order valence-electron chi connectivity index (χ1n) is 10.9. The van der Waals surface area contributed by atoms with Crippen molar-refractivity contribution in [3.8, 4) is 17.2 Å². The van der Waals surface area contributed by atoms with Crippen LogP contribution in [0.1, 0.15) is 11.1 Å². The standard InChI is InChI=1S/C27H25NO5S/c1-20-7-11-23(12-8-20)31-16-15-28-26(29)25(34-27(28)30)19-21-9-13-24(14-10-21)33-18-17-32-22-5-3-2-4-6-22/h2-14,19H,15-18H2,1H3/b25-19-. The van der Waals surface area contributed by atoms with E-state index in [2.05, 4.69) is 0 Å². The van der Waals surface area contributed by atoms with Gasteiger partial charge in [-0.15, -0.1) is 0 Å². The van der Waals surface area contributed by atoms with E-state index in [9.17, 15) is 9.59 Å². The number of amides is 2. The smallest absolute Gasteiger partial charge is 0.293 e. The van der Waals surface area contributed by atoms with E-state index < -0.39 is 0 Å².